The molecule has 2 aliphatic heterocycles. The van der Waals surface area contributed by atoms with Gasteiger partial charge in [-0.1, -0.05) is 0 Å². The number of rotatable bonds is 4. The van der Waals surface area contributed by atoms with Crippen LogP contribution in [0, 0.1) is 0 Å². The summed E-state index contributed by atoms with van der Waals surface area (Å²) < 4.78 is 45.4. The van der Waals surface area contributed by atoms with Gasteiger partial charge in [-0.25, -0.2) is 19.7 Å². The summed E-state index contributed by atoms with van der Waals surface area (Å²) >= 11 is 3.32. The number of hydrogen-bond acceptors (Lipinski definition) is 7. The van der Waals surface area contributed by atoms with Crippen LogP contribution in [0.4, 0.5) is 35.2 Å². The lowest BCUT2D eigenvalue weighted by Gasteiger charge is -2.20. The highest BCUT2D eigenvalue weighted by molar-refractivity contribution is 9.10. The molecule has 14 heteroatoms. The summed E-state index contributed by atoms with van der Waals surface area (Å²) in [5.74, 6) is 0.151. The fourth-order valence-electron chi connectivity index (χ4n) is 3.76. The predicted molar refractivity (Wildman–Crippen MR) is 123 cm³/mol. The Morgan fingerprint density at radius 2 is 1.83 bits per heavy atom. The Morgan fingerprint density at radius 1 is 1.03 bits per heavy atom. The highest BCUT2D eigenvalue weighted by Gasteiger charge is 2.40. The van der Waals surface area contributed by atoms with Crippen LogP contribution in [0.2, 0.25) is 0 Å². The monoisotopic (exact) mass is 562 g/mol. The zero-order valence-electron chi connectivity index (χ0n) is 18.0. The maximum atomic E-state index is 13.1. The van der Waals surface area contributed by atoms with E-state index >= 15 is 0 Å². The van der Waals surface area contributed by atoms with Crippen LogP contribution >= 0.6 is 15.9 Å². The Balaban J connectivity index is 1.39. The molecule has 0 saturated carbocycles. The number of nitrogens with zero attached hydrogens (tertiary/aromatic N) is 5. The molecule has 5 rings (SSSR count). The summed E-state index contributed by atoms with van der Waals surface area (Å²) in [6.07, 6.45) is 0.473. The van der Waals surface area contributed by atoms with Crippen molar-refractivity contribution >= 4 is 51.0 Å². The van der Waals surface area contributed by atoms with Gasteiger partial charge in [0.15, 0.2) is 0 Å². The van der Waals surface area contributed by atoms with E-state index in [9.17, 15) is 27.6 Å². The number of imide groups is 1. The lowest BCUT2D eigenvalue weighted by atomic mass is 10.1. The zero-order chi connectivity index (χ0) is 25.6. The van der Waals surface area contributed by atoms with Crippen LogP contribution in [0.25, 0.3) is 0 Å². The maximum Gasteiger partial charge on any atom is 0.417 e. The minimum Gasteiger partial charge on any atom is -0.437 e. The second kappa shape index (κ2) is 8.86. The van der Waals surface area contributed by atoms with E-state index in [2.05, 4.69) is 36.2 Å². The van der Waals surface area contributed by atoms with Gasteiger partial charge in [0, 0.05) is 24.4 Å². The quantitative estimate of drug-likeness (QED) is 0.471. The number of hydrogen-bond donors (Lipinski definition) is 1. The molecule has 0 atom stereocenters. The van der Waals surface area contributed by atoms with Gasteiger partial charge in [-0.15, -0.1) is 0 Å². The van der Waals surface area contributed by atoms with Crippen molar-refractivity contribution < 1.29 is 32.3 Å². The molecule has 3 aromatic heterocycles. The fraction of sp³-hybridized carbons (Fsp3) is 0.182. The molecule has 10 nitrogen and oxygen atoms in total. The summed E-state index contributed by atoms with van der Waals surface area (Å²) in [5, 5.41) is 2.67. The van der Waals surface area contributed by atoms with E-state index in [1.54, 1.807) is 6.07 Å². The molecule has 0 aromatic carbocycles. The third-order valence-electron chi connectivity index (χ3n) is 5.46. The molecule has 2 aliphatic rings. The first-order chi connectivity index (χ1) is 17.1. The van der Waals surface area contributed by atoms with E-state index in [0.29, 0.717) is 34.2 Å². The van der Waals surface area contributed by atoms with Gasteiger partial charge in [0.1, 0.15) is 18.1 Å². The van der Waals surface area contributed by atoms with Crippen molar-refractivity contribution in [1.82, 2.24) is 15.0 Å². The van der Waals surface area contributed by atoms with Gasteiger partial charge in [-0.3, -0.25) is 19.5 Å². The van der Waals surface area contributed by atoms with E-state index in [1.807, 2.05) is 0 Å². The minimum atomic E-state index is -4.65. The van der Waals surface area contributed by atoms with Crippen molar-refractivity contribution in [1.29, 1.82) is 0 Å². The molecule has 0 radical (unpaired) electrons. The second-order valence-electron chi connectivity index (χ2n) is 7.79. The number of halogens is 4. The molecule has 1 N–H and O–H groups in total. The molecule has 1 fully saturated rings. The van der Waals surface area contributed by atoms with Crippen molar-refractivity contribution in [2.24, 2.45) is 0 Å². The number of carbonyl (C=O) groups excluding carboxylic acids is 3. The summed E-state index contributed by atoms with van der Waals surface area (Å²) in [5.41, 5.74) is -0.407. The summed E-state index contributed by atoms with van der Waals surface area (Å²) in [7, 11) is 0. The number of anilines is 3. The van der Waals surface area contributed by atoms with E-state index in [0.717, 1.165) is 22.1 Å². The Morgan fingerprint density at radius 3 is 2.58 bits per heavy atom. The van der Waals surface area contributed by atoms with Crippen molar-refractivity contribution in [3.8, 4) is 11.6 Å². The molecule has 1 saturated heterocycles. The molecule has 36 heavy (non-hydrogen) atoms. The highest BCUT2D eigenvalue weighted by atomic mass is 79.9. The van der Waals surface area contributed by atoms with Crippen LogP contribution in [-0.4, -0.2) is 39.3 Å². The summed E-state index contributed by atoms with van der Waals surface area (Å²) in [4.78, 5) is 50.8. The van der Waals surface area contributed by atoms with Crippen LogP contribution < -0.4 is 19.9 Å². The van der Waals surface area contributed by atoms with Crippen LogP contribution in [0.3, 0.4) is 0 Å². The molecule has 5 heterocycles. The normalized spacial score (nSPS) is 15.7. The third kappa shape index (κ3) is 4.34. The van der Waals surface area contributed by atoms with Crippen LogP contribution in [-0.2, 0) is 22.2 Å². The van der Waals surface area contributed by atoms with Crippen molar-refractivity contribution in [3.05, 3.63) is 58.6 Å². The second-order valence-corrected chi connectivity index (χ2v) is 8.65. The molecular weight excluding hydrogens is 549 g/mol. The molecule has 0 spiro atoms. The Labute approximate surface area is 209 Å². The van der Waals surface area contributed by atoms with E-state index in [-0.39, 0.29) is 29.6 Å². The molecular formula is C22H14BrF3N6O4. The first-order valence-corrected chi connectivity index (χ1v) is 11.2. The SMILES string of the molecule is O=C1CCc2c(Oc3ncc(N4C(=O)CN(c5cncc(C(F)(F)F)c5)C4=O)cc3Br)ccnc2N1. The van der Waals surface area contributed by atoms with E-state index < -0.39 is 30.2 Å². The lowest BCUT2D eigenvalue weighted by molar-refractivity contribution is -0.137. The first kappa shape index (κ1) is 23.7. The number of fused-ring (bicyclic) bond motifs is 1. The molecule has 184 valence electrons. The number of carbonyl (C=O) groups is 3. The summed E-state index contributed by atoms with van der Waals surface area (Å²) in [6, 6.07) is 2.96. The van der Waals surface area contributed by atoms with E-state index in [1.165, 1.54) is 18.5 Å². The largest absolute Gasteiger partial charge is 0.437 e. The van der Waals surface area contributed by atoms with Gasteiger partial charge in [-0.05, 0) is 40.5 Å². The molecule has 4 amide bonds. The standard InChI is InChI=1S/C22H14BrF3N6O4/c23-15-6-13(9-29-20(15)36-16-3-4-28-19-14(16)1-2-17(33)30-19)32-18(34)10-31(21(32)35)12-5-11(7-27-8-12)22(24,25)26/h3-9H,1-2,10H2,(H,28,30,33). The smallest absolute Gasteiger partial charge is 0.417 e. The number of amides is 4. The molecule has 3 aromatic rings. The topological polar surface area (TPSA) is 118 Å². The number of urea groups is 1. The summed E-state index contributed by atoms with van der Waals surface area (Å²) in [6.45, 7) is -0.466. The predicted octanol–water partition coefficient (Wildman–Crippen LogP) is 4.30. The first-order valence-electron chi connectivity index (χ1n) is 10.4. The highest BCUT2D eigenvalue weighted by Crippen LogP contribution is 2.37. The zero-order valence-corrected chi connectivity index (χ0v) is 19.6. The van der Waals surface area contributed by atoms with Crippen molar-refractivity contribution in [2.75, 3.05) is 21.7 Å². The lowest BCUT2D eigenvalue weighted by Crippen LogP contribution is -2.33. The molecule has 0 aliphatic carbocycles. The van der Waals surface area contributed by atoms with Gasteiger partial charge in [0.2, 0.25) is 11.8 Å². The van der Waals surface area contributed by atoms with Crippen LogP contribution in [0.15, 0.2) is 47.5 Å². The average Bonchev–Trinajstić information content (AvgIpc) is 3.13. The Hall–Kier alpha value is -4.07. The Kier molecular flexibility index (Phi) is 5.82. The van der Waals surface area contributed by atoms with E-state index in [4.69, 9.17) is 4.74 Å². The number of nitrogens with one attached hydrogen (secondary N) is 1. The van der Waals surface area contributed by atoms with Gasteiger partial charge in [0.25, 0.3) is 5.91 Å². The van der Waals surface area contributed by atoms with Crippen LogP contribution in [0.5, 0.6) is 11.6 Å². The number of ether oxygens (including phenoxy) is 1. The molecule has 0 unspecified atom stereocenters. The van der Waals surface area contributed by atoms with Crippen molar-refractivity contribution in [3.63, 3.8) is 0 Å². The fourth-order valence-corrected chi connectivity index (χ4v) is 4.17. The number of pyridine rings is 3. The Bertz CT molecular complexity index is 1420. The number of aromatic nitrogens is 3. The average molecular weight is 563 g/mol. The van der Waals surface area contributed by atoms with Gasteiger partial charge in [-0.2, -0.15) is 13.2 Å². The number of alkyl halides is 3. The third-order valence-corrected chi connectivity index (χ3v) is 6.03. The van der Waals surface area contributed by atoms with Gasteiger partial charge < -0.3 is 10.1 Å². The van der Waals surface area contributed by atoms with Gasteiger partial charge in [0.05, 0.1) is 33.8 Å². The molecule has 0 bridgehead atoms. The minimum absolute atomic E-state index is 0.0932. The van der Waals surface area contributed by atoms with Gasteiger partial charge >= 0.3 is 12.2 Å². The van der Waals surface area contributed by atoms with Crippen molar-refractivity contribution in [2.45, 2.75) is 19.0 Å². The van der Waals surface area contributed by atoms with Crippen LogP contribution in [0.1, 0.15) is 17.5 Å². The maximum absolute atomic E-state index is 13.1.